The van der Waals surface area contributed by atoms with Gasteiger partial charge in [-0.25, -0.2) is 0 Å². The molecule has 0 saturated carbocycles. The molecule has 0 aliphatic heterocycles. The van der Waals surface area contributed by atoms with Crippen molar-refractivity contribution in [2.45, 2.75) is 65.8 Å². The zero-order valence-electron chi connectivity index (χ0n) is 14.5. The number of carbonyl (C=O) groups is 2. The molecule has 0 heterocycles. The van der Waals surface area contributed by atoms with Crippen molar-refractivity contribution in [1.82, 2.24) is 5.32 Å². The molecule has 0 aromatic heterocycles. The number of benzene rings is 1. The zero-order valence-corrected chi connectivity index (χ0v) is 14.5. The van der Waals surface area contributed by atoms with E-state index in [-0.39, 0.29) is 17.9 Å². The summed E-state index contributed by atoms with van der Waals surface area (Å²) in [6.07, 6.45) is 0.791. The third kappa shape index (κ3) is 4.58. The summed E-state index contributed by atoms with van der Waals surface area (Å²) in [6, 6.07) is 5.99. The monoisotopic (exact) mass is 304 g/mol. The average molecular weight is 304 g/mol. The van der Waals surface area contributed by atoms with Gasteiger partial charge in [0.15, 0.2) is 0 Å². The smallest absolute Gasteiger partial charge is 0.313 e. The molecule has 0 fully saturated rings. The predicted octanol–water partition coefficient (Wildman–Crippen LogP) is 3.79. The third-order valence-corrected chi connectivity index (χ3v) is 3.81. The van der Waals surface area contributed by atoms with Crippen LogP contribution in [0.5, 0.6) is 0 Å². The molecule has 0 aliphatic carbocycles. The van der Waals surface area contributed by atoms with Crippen molar-refractivity contribution in [3.05, 3.63) is 29.3 Å². The first kappa shape index (κ1) is 18.2. The van der Waals surface area contributed by atoms with Crippen molar-refractivity contribution >= 4 is 17.5 Å². The molecule has 2 amide bonds. The van der Waals surface area contributed by atoms with Gasteiger partial charge in [0.2, 0.25) is 0 Å². The molecule has 1 aromatic carbocycles. The number of amides is 2. The van der Waals surface area contributed by atoms with Crippen molar-refractivity contribution in [1.29, 1.82) is 0 Å². The van der Waals surface area contributed by atoms with Gasteiger partial charge in [-0.05, 0) is 36.3 Å². The van der Waals surface area contributed by atoms with Gasteiger partial charge in [0.25, 0.3) is 0 Å². The van der Waals surface area contributed by atoms with E-state index in [9.17, 15) is 9.59 Å². The van der Waals surface area contributed by atoms with Gasteiger partial charge in [-0.15, -0.1) is 0 Å². The number of carbonyl (C=O) groups excluding carboxylic acids is 2. The Balaban J connectivity index is 3.05. The van der Waals surface area contributed by atoms with Gasteiger partial charge in [0.05, 0.1) is 0 Å². The van der Waals surface area contributed by atoms with Crippen LogP contribution < -0.4 is 10.6 Å². The number of hydrogen-bond donors (Lipinski definition) is 2. The van der Waals surface area contributed by atoms with Crippen LogP contribution in [0.3, 0.4) is 0 Å². The highest BCUT2D eigenvalue weighted by Gasteiger charge is 2.20. The minimum Gasteiger partial charge on any atom is -0.345 e. The van der Waals surface area contributed by atoms with Crippen LogP contribution in [-0.4, -0.2) is 17.9 Å². The van der Waals surface area contributed by atoms with Crippen LogP contribution in [0.25, 0.3) is 0 Å². The lowest BCUT2D eigenvalue weighted by atomic mass is 9.92. The number of rotatable bonds is 5. The molecule has 4 heteroatoms. The van der Waals surface area contributed by atoms with E-state index >= 15 is 0 Å². The standard InChI is InChI=1S/C18H28N2O2/c1-7-13(6)19-17(21)18(22)20-16-14(11(2)3)9-8-10-15(16)12(4)5/h8-13H,7H2,1-6H3,(H,19,21)(H,20,22). The van der Waals surface area contributed by atoms with Gasteiger partial charge in [0, 0.05) is 11.7 Å². The second kappa shape index (κ2) is 7.97. The molecule has 1 unspecified atom stereocenters. The summed E-state index contributed by atoms with van der Waals surface area (Å²) in [5.41, 5.74) is 2.88. The van der Waals surface area contributed by atoms with E-state index in [4.69, 9.17) is 0 Å². The number of nitrogens with one attached hydrogen (secondary N) is 2. The molecule has 4 nitrogen and oxygen atoms in total. The Morgan fingerprint density at radius 3 is 1.86 bits per heavy atom. The van der Waals surface area contributed by atoms with Crippen molar-refractivity contribution < 1.29 is 9.59 Å². The first-order valence-electron chi connectivity index (χ1n) is 8.02. The highest BCUT2D eigenvalue weighted by atomic mass is 16.2. The lowest BCUT2D eigenvalue weighted by Crippen LogP contribution is -2.40. The van der Waals surface area contributed by atoms with Gasteiger partial charge < -0.3 is 10.6 Å². The van der Waals surface area contributed by atoms with Crippen LogP contribution in [0.2, 0.25) is 0 Å². The quantitative estimate of drug-likeness (QED) is 0.813. The molecule has 22 heavy (non-hydrogen) atoms. The fourth-order valence-corrected chi connectivity index (χ4v) is 2.26. The van der Waals surface area contributed by atoms with Crippen LogP contribution in [0, 0.1) is 0 Å². The van der Waals surface area contributed by atoms with E-state index in [0.29, 0.717) is 0 Å². The topological polar surface area (TPSA) is 58.2 Å². The molecular formula is C18H28N2O2. The lowest BCUT2D eigenvalue weighted by Gasteiger charge is -2.20. The summed E-state index contributed by atoms with van der Waals surface area (Å²) in [6.45, 7) is 12.2. The molecular weight excluding hydrogens is 276 g/mol. The first-order chi connectivity index (χ1) is 10.3. The van der Waals surface area contributed by atoms with Crippen LogP contribution >= 0.6 is 0 Å². The highest BCUT2D eigenvalue weighted by molar-refractivity contribution is 6.39. The fourth-order valence-electron chi connectivity index (χ4n) is 2.26. The summed E-state index contributed by atoms with van der Waals surface area (Å²) in [7, 11) is 0. The minimum absolute atomic E-state index is 0.0110. The number of anilines is 1. The Bertz CT molecular complexity index is 510. The average Bonchev–Trinajstić information content (AvgIpc) is 2.46. The van der Waals surface area contributed by atoms with Crippen molar-refractivity contribution in [2.24, 2.45) is 0 Å². The Morgan fingerprint density at radius 1 is 0.955 bits per heavy atom. The molecule has 2 N–H and O–H groups in total. The van der Waals surface area contributed by atoms with E-state index in [0.717, 1.165) is 23.2 Å². The van der Waals surface area contributed by atoms with E-state index in [1.807, 2.05) is 32.0 Å². The summed E-state index contributed by atoms with van der Waals surface area (Å²) >= 11 is 0. The van der Waals surface area contributed by atoms with Crippen LogP contribution in [0.4, 0.5) is 5.69 Å². The summed E-state index contributed by atoms with van der Waals surface area (Å²) < 4.78 is 0. The van der Waals surface area contributed by atoms with Crippen molar-refractivity contribution in [3.63, 3.8) is 0 Å². The maximum atomic E-state index is 12.2. The normalized spacial score (nSPS) is 12.4. The summed E-state index contributed by atoms with van der Waals surface area (Å²) in [4.78, 5) is 24.1. The van der Waals surface area contributed by atoms with Crippen molar-refractivity contribution in [3.8, 4) is 0 Å². The third-order valence-electron chi connectivity index (χ3n) is 3.81. The molecule has 0 radical (unpaired) electrons. The van der Waals surface area contributed by atoms with E-state index < -0.39 is 11.8 Å². The number of hydrogen-bond acceptors (Lipinski definition) is 2. The van der Waals surface area contributed by atoms with E-state index in [1.54, 1.807) is 0 Å². The summed E-state index contributed by atoms with van der Waals surface area (Å²) in [5, 5.41) is 5.52. The van der Waals surface area contributed by atoms with Gasteiger partial charge in [-0.3, -0.25) is 9.59 Å². The van der Waals surface area contributed by atoms with Gasteiger partial charge in [-0.1, -0.05) is 52.8 Å². The second-order valence-electron chi connectivity index (χ2n) is 6.36. The highest BCUT2D eigenvalue weighted by Crippen LogP contribution is 2.32. The zero-order chi connectivity index (χ0) is 16.9. The molecule has 0 saturated heterocycles. The fraction of sp³-hybridized carbons (Fsp3) is 0.556. The predicted molar refractivity (Wildman–Crippen MR) is 91.1 cm³/mol. The first-order valence-corrected chi connectivity index (χ1v) is 8.02. The summed E-state index contributed by atoms with van der Waals surface area (Å²) in [5.74, 6) is -0.642. The minimum atomic E-state index is -0.602. The van der Waals surface area contributed by atoms with Gasteiger partial charge >= 0.3 is 11.8 Å². The van der Waals surface area contributed by atoms with Gasteiger partial charge in [0.1, 0.15) is 0 Å². The molecule has 1 atom stereocenters. The SMILES string of the molecule is CCC(C)NC(=O)C(=O)Nc1c(C(C)C)cccc1C(C)C. The maximum absolute atomic E-state index is 12.2. The second-order valence-corrected chi connectivity index (χ2v) is 6.36. The Labute approximate surface area is 133 Å². The lowest BCUT2D eigenvalue weighted by molar-refractivity contribution is -0.136. The van der Waals surface area contributed by atoms with Crippen LogP contribution in [0.1, 0.15) is 70.9 Å². The van der Waals surface area contributed by atoms with Crippen molar-refractivity contribution in [2.75, 3.05) is 5.32 Å². The maximum Gasteiger partial charge on any atom is 0.313 e. The molecule has 0 bridgehead atoms. The Morgan fingerprint density at radius 2 is 1.45 bits per heavy atom. The molecule has 0 spiro atoms. The molecule has 0 aliphatic rings. The Hall–Kier alpha value is -1.84. The van der Waals surface area contributed by atoms with Crippen LogP contribution in [0.15, 0.2) is 18.2 Å². The number of para-hydroxylation sites is 1. The van der Waals surface area contributed by atoms with E-state index in [1.165, 1.54) is 0 Å². The van der Waals surface area contributed by atoms with E-state index in [2.05, 4.69) is 38.3 Å². The van der Waals surface area contributed by atoms with Crippen LogP contribution in [-0.2, 0) is 9.59 Å². The molecule has 1 aromatic rings. The molecule has 1 rings (SSSR count). The Kier molecular flexibility index (Phi) is 6.60. The molecule has 122 valence electrons. The largest absolute Gasteiger partial charge is 0.345 e. The van der Waals surface area contributed by atoms with Gasteiger partial charge in [-0.2, -0.15) is 0 Å².